The minimum Gasteiger partial charge on any atom is -0.550 e. The number of halogens is 2. The second-order valence-corrected chi connectivity index (χ2v) is 9.57. The van der Waals surface area contributed by atoms with Crippen LogP contribution in [0.25, 0.3) is 22.3 Å². The van der Waals surface area contributed by atoms with E-state index in [2.05, 4.69) is 0 Å². The number of rotatable bonds is 10. The number of carboxylic acid groups (broad SMARTS) is 1. The molecule has 0 saturated heterocycles. The van der Waals surface area contributed by atoms with Gasteiger partial charge in [-0.25, -0.2) is 8.78 Å². The molecular weight excluding hydrogens is 481 g/mol. The quantitative estimate of drug-likeness (QED) is 0.322. The van der Waals surface area contributed by atoms with Crippen LogP contribution in [-0.2, 0) is 4.79 Å². The zero-order chi connectivity index (χ0) is 24.8. The molecule has 0 aliphatic rings. The van der Waals surface area contributed by atoms with Crippen molar-refractivity contribution in [2.24, 2.45) is 0 Å². The number of aliphatic hydroxyl groups is 2. The van der Waals surface area contributed by atoms with E-state index in [0.29, 0.717) is 0 Å². The third kappa shape index (κ3) is 8.41. The Morgan fingerprint density at radius 2 is 1.43 bits per heavy atom. The second-order valence-electron chi connectivity index (χ2n) is 8.54. The number of aliphatic hydroxyl groups excluding tert-OH is 2. The molecule has 0 saturated carbocycles. The molecule has 4 nitrogen and oxygen atoms in total. The fraction of sp³-hybridized carbons (Fsp3) is 0.296. The van der Waals surface area contributed by atoms with Gasteiger partial charge in [-0.05, 0) is 70.1 Å². The summed E-state index contributed by atoms with van der Waals surface area (Å²) in [5.74, 6) is -1.71. The van der Waals surface area contributed by atoms with Gasteiger partial charge in [-0.3, -0.25) is 0 Å². The van der Waals surface area contributed by atoms with Crippen molar-refractivity contribution in [3.63, 3.8) is 0 Å². The Labute approximate surface area is 230 Å². The number of thioether (sulfide) groups is 1. The molecule has 0 unspecified atom stereocenters. The van der Waals surface area contributed by atoms with Gasteiger partial charge >= 0.3 is 29.6 Å². The molecular formula is C27H27F2NaO4S. The van der Waals surface area contributed by atoms with Crippen molar-refractivity contribution in [2.75, 3.05) is 5.75 Å². The van der Waals surface area contributed by atoms with Gasteiger partial charge in [-0.15, -0.1) is 11.8 Å². The zero-order valence-electron chi connectivity index (χ0n) is 20.0. The summed E-state index contributed by atoms with van der Waals surface area (Å²) in [5, 5.41) is 30.9. The Morgan fingerprint density at radius 3 is 1.94 bits per heavy atom. The van der Waals surface area contributed by atoms with Crippen LogP contribution in [0.2, 0.25) is 0 Å². The average molecular weight is 509 g/mol. The van der Waals surface area contributed by atoms with E-state index in [0.717, 1.165) is 32.7 Å². The normalized spacial score (nSPS) is 12.8. The number of hydrogen-bond donors (Lipinski definition) is 2. The number of aliphatic carboxylic acids is 1. The van der Waals surface area contributed by atoms with E-state index in [1.54, 1.807) is 24.3 Å². The van der Waals surface area contributed by atoms with Gasteiger partial charge in [0.1, 0.15) is 11.6 Å². The Kier molecular flexibility index (Phi) is 11.4. The van der Waals surface area contributed by atoms with Crippen molar-refractivity contribution in [1.82, 2.24) is 0 Å². The van der Waals surface area contributed by atoms with E-state index in [9.17, 15) is 28.9 Å². The van der Waals surface area contributed by atoms with Crippen molar-refractivity contribution in [1.29, 1.82) is 0 Å². The maximum atomic E-state index is 13.6. The van der Waals surface area contributed by atoms with Crippen LogP contribution < -0.4 is 34.7 Å². The summed E-state index contributed by atoms with van der Waals surface area (Å²) in [6, 6.07) is 16.4. The third-order valence-electron chi connectivity index (χ3n) is 5.44. The SMILES string of the molecule is CC(C)c1cc(-c2ccc(F)cc2)cc(-c2ccc(F)cc2)c1SC[C@@H](O)C[C@@H](O)CC(=O)[O-].[Na+]. The molecule has 3 rings (SSSR count). The van der Waals surface area contributed by atoms with Crippen molar-refractivity contribution in [2.45, 2.75) is 49.7 Å². The maximum Gasteiger partial charge on any atom is 1.00 e. The summed E-state index contributed by atoms with van der Waals surface area (Å²) in [6.07, 6.45) is -2.75. The molecule has 3 aromatic carbocycles. The summed E-state index contributed by atoms with van der Waals surface area (Å²) < 4.78 is 27.1. The molecule has 3 aromatic rings. The van der Waals surface area contributed by atoms with Gasteiger partial charge in [0.2, 0.25) is 0 Å². The van der Waals surface area contributed by atoms with Crippen LogP contribution in [-0.4, -0.2) is 34.1 Å². The predicted octanol–water partition coefficient (Wildman–Crippen LogP) is 1.77. The van der Waals surface area contributed by atoms with E-state index in [4.69, 9.17) is 0 Å². The first-order valence-corrected chi connectivity index (χ1v) is 12.0. The smallest absolute Gasteiger partial charge is 0.550 e. The fourth-order valence-corrected chi connectivity index (χ4v) is 5.02. The fourth-order valence-electron chi connectivity index (χ4n) is 3.73. The third-order valence-corrected chi connectivity index (χ3v) is 6.73. The van der Waals surface area contributed by atoms with Crippen LogP contribution in [0.4, 0.5) is 8.78 Å². The van der Waals surface area contributed by atoms with Crippen molar-refractivity contribution >= 4 is 17.7 Å². The van der Waals surface area contributed by atoms with Crippen molar-refractivity contribution in [3.8, 4) is 22.3 Å². The molecule has 180 valence electrons. The number of benzene rings is 3. The number of hydrogen-bond acceptors (Lipinski definition) is 5. The summed E-state index contributed by atoms with van der Waals surface area (Å²) in [6.45, 7) is 4.09. The summed E-state index contributed by atoms with van der Waals surface area (Å²) in [4.78, 5) is 11.6. The molecule has 0 amide bonds. The van der Waals surface area contributed by atoms with E-state index >= 15 is 0 Å². The average Bonchev–Trinajstić information content (AvgIpc) is 2.77. The monoisotopic (exact) mass is 508 g/mol. The minimum atomic E-state index is -1.37. The second kappa shape index (κ2) is 13.5. The van der Waals surface area contributed by atoms with E-state index < -0.39 is 24.6 Å². The number of carboxylic acids is 1. The van der Waals surface area contributed by atoms with E-state index in [-0.39, 0.29) is 59.3 Å². The van der Waals surface area contributed by atoms with Gasteiger partial charge in [0.25, 0.3) is 0 Å². The first-order chi connectivity index (χ1) is 16.1. The Bertz CT molecular complexity index is 1120. The van der Waals surface area contributed by atoms with Crippen LogP contribution in [0.1, 0.15) is 38.2 Å². The van der Waals surface area contributed by atoms with Gasteiger partial charge in [0.05, 0.1) is 12.2 Å². The van der Waals surface area contributed by atoms with Crippen LogP contribution in [0, 0.1) is 11.6 Å². The molecule has 0 bridgehead atoms. The molecule has 2 atom stereocenters. The topological polar surface area (TPSA) is 80.6 Å². The van der Waals surface area contributed by atoms with Gasteiger partial charge in [0.15, 0.2) is 0 Å². The standard InChI is InChI=1S/C27H28F2O4S.Na/c1-16(2)24-11-19(17-3-7-20(28)8-4-17)12-25(18-5-9-21(29)10-6-18)27(24)34-15-23(31)13-22(30)14-26(32)33;/h3-12,16,22-23,30-31H,13-15H2,1-2H3,(H,32,33);/q;+1/p-1/t22-,23+;/m1./s1. The molecule has 0 spiro atoms. The molecule has 0 fully saturated rings. The van der Waals surface area contributed by atoms with Crippen LogP contribution in [0.15, 0.2) is 65.6 Å². The molecule has 0 aliphatic carbocycles. The molecule has 0 radical (unpaired) electrons. The molecule has 8 heteroatoms. The Balaban J connectivity index is 0.00000432. The minimum absolute atomic E-state index is 0. The zero-order valence-corrected chi connectivity index (χ0v) is 22.8. The Hall–Kier alpha value is -1.74. The van der Waals surface area contributed by atoms with E-state index in [1.165, 1.54) is 36.0 Å². The largest absolute Gasteiger partial charge is 1.00 e. The van der Waals surface area contributed by atoms with Gasteiger partial charge < -0.3 is 20.1 Å². The molecule has 2 N–H and O–H groups in total. The number of carbonyl (C=O) groups is 1. The summed E-state index contributed by atoms with van der Waals surface area (Å²) in [5.41, 5.74) is 4.37. The predicted molar refractivity (Wildman–Crippen MR) is 128 cm³/mol. The summed E-state index contributed by atoms with van der Waals surface area (Å²) in [7, 11) is 0. The Morgan fingerprint density at radius 1 is 0.886 bits per heavy atom. The van der Waals surface area contributed by atoms with Gasteiger partial charge in [0, 0.05) is 29.5 Å². The first kappa shape index (κ1) is 29.5. The van der Waals surface area contributed by atoms with Crippen molar-refractivity contribution < 1.29 is 58.5 Å². The molecule has 0 heterocycles. The summed E-state index contributed by atoms with van der Waals surface area (Å²) >= 11 is 1.40. The molecule has 0 aliphatic heterocycles. The molecule has 0 aromatic heterocycles. The van der Waals surface area contributed by atoms with E-state index in [1.807, 2.05) is 26.0 Å². The van der Waals surface area contributed by atoms with Gasteiger partial charge in [-0.2, -0.15) is 0 Å². The van der Waals surface area contributed by atoms with Crippen molar-refractivity contribution in [3.05, 3.63) is 77.9 Å². The van der Waals surface area contributed by atoms with Crippen LogP contribution >= 0.6 is 11.8 Å². The first-order valence-electron chi connectivity index (χ1n) is 11.0. The van der Waals surface area contributed by atoms with Crippen LogP contribution in [0.5, 0.6) is 0 Å². The molecule has 35 heavy (non-hydrogen) atoms. The maximum absolute atomic E-state index is 13.6. The number of carbonyl (C=O) groups excluding carboxylic acids is 1. The van der Waals surface area contributed by atoms with Gasteiger partial charge in [-0.1, -0.05) is 38.1 Å². The van der Waals surface area contributed by atoms with Crippen LogP contribution in [0.3, 0.4) is 0 Å².